The van der Waals surface area contributed by atoms with Crippen LogP contribution in [0.1, 0.15) is 32.1 Å². The zero-order valence-corrected chi connectivity index (χ0v) is 11.2. The highest BCUT2D eigenvalue weighted by Crippen LogP contribution is 2.56. The second-order valence-electron chi connectivity index (χ2n) is 5.57. The number of nitrogens with one attached hydrogen (secondary N) is 1. The Hall–Kier alpha value is -0.280. The number of hydrogen-bond donors (Lipinski definition) is 1. The molecule has 17 heavy (non-hydrogen) atoms. The molecule has 1 aliphatic heterocycles. The summed E-state index contributed by atoms with van der Waals surface area (Å²) >= 11 is 0. The van der Waals surface area contributed by atoms with Crippen LogP contribution in [0.2, 0.25) is 0 Å². The maximum Gasteiger partial charge on any atom is 0.226 e. The van der Waals surface area contributed by atoms with Crippen molar-refractivity contribution < 1.29 is 4.79 Å². The van der Waals surface area contributed by atoms with Gasteiger partial charge in [-0.1, -0.05) is 12.8 Å². The van der Waals surface area contributed by atoms with E-state index in [0.29, 0.717) is 11.8 Å². The van der Waals surface area contributed by atoms with Gasteiger partial charge in [0.15, 0.2) is 0 Å². The van der Waals surface area contributed by atoms with Crippen LogP contribution >= 0.6 is 12.4 Å². The molecule has 1 saturated heterocycles. The molecule has 3 rings (SSSR count). The molecule has 1 heterocycles. The third kappa shape index (κ3) is 2.60. The normalized spacial score (nSPS) is 36.5. The number of fused-ring (bicyclic) bond motifs is 1. The van der Waals surface area contributed by atoms with Crippen LogP contribution in [0.4, 0.5) is 0 Å². The highest BCUT2D eigenvalue weighted by molar-refractivity contribution is 5.85. The van der Waals surface area contributed by atoms with E-state index in [9.17, 15) is 4.79 Å². The highest BCUT2D eigenvalue weighted by atomic mass is 35.5. The minimum absolute atomic E-state index is 0. The number of rotatable bonds is 1. The summed E-state index contributed by atoms with van der Waals surface area (Å²) in [5.74, 6) is 2.41. The van der Waals surface area contributed by atoms with Crippen molar-refractivity contribution in [3.63, 3.8) is 0 Å². The molecule has 1 N–H and O–H groups in total. The van der Waals surface area contributed by atoms with Gasteiger partial charge in [-0.05, 0) is 37.6 Å². The van der Waals surface area contributed by atoms with Gasteiger partial charge < -0.3 is 10.2 Å². The molecule has 0 radical (unpaired) electrons. The summed E-state index contributed by atoms with van der Waals surface area (Å²) in [5.41, 5.74) is 0. The van der Waals surface area contributed by atoms with E-state index in [1.165, 1.54) is 25.7 Å². The smallest absolute Gasteiger partial charge is 0.226 e. The van der Waals surface area contributed by atoms with E-state index in [1.807, 2.05) is 0 Å². The maximum atomic E-state index is 12.4. The molecular formula is C13H23ClN2O. The molecular weight excluding hydrogens is 236 g/mol. The minimum Gasteiger partial charge on any atom is -0.341 e. The summed E-state index contributed by atoms with van der Waals surface area (Å²) < 4.78 is 0. The molecule has 0 bridgehead atoms. The van der Waals surface area contributed by atoms with Crippen LogP contribution < -0.4 is 5.32 Å². The Balaban J connectivity index is 0.00000108. The standard InChI is InChI=1S/C13H22N2O.ClH/c16-13(15-8-3-6-14-7-9-15)12-10-4-1-2-5-11(10)12;/h10-12,14H,1-9H2;1H. The average Bonchev–Trinajstić information content (AvgIpc) is 3.09. The van der Waals surface area contributed by atoms with E-state index in [2.05, 4.69) is 10.2 Å². The Labute approximate surface area is 110 Å². The predicted molar refractivity (Wildman–Crippen MR) is 70.3 cm³/mol. The lowest BCUT2D eigenvalue weighted by Crippen LogP contribution is -2.35. The Morgan fingerprint density at radius 2 is 1.71 bits per heavy atom. The SMILES string of the molecule is Cl.O=C(C1C2CCCCC21)N1CCCNCC1. The fourth-order valence-corrected chi connectivity index (χ4v) is 3.64. The van der Waals surface area contributed by atoms with Gasteiger partial charge in [0.25, 0.3) is 0 Å². The van der Waals surface area contributed by atoms with Crippen LogP contribution in [0.15, 0.2) is 0 Å². The van der Waals surface area contributed by atoms with Crippen LogP contribution in [0.3, 0.4) is 0 Å². The number of nitrogens with zero attached hydrogens (tertiary/aromatic N) is 1. The van der Waals surface area contributed by atoms with Gasteiger partial charge in [0.05, 0.1) is 0 Å². The maximum absolute atomic E-state index is 12.4. The van der Waals surface area contributed by atoms with Crippen LogP contribution in [0, 0.1) is 17.8 Å². The molecule has 3 aliphatic rings. The van der Waals surface area contributed by atoms with Crippen molar-refractivity contribution in [1.82, 2.24) is 10.2 Å². The molecule has 1 amide bonds. The van der Waals surface area contributed by atoms with Crippen molar-refractivity contribution >= 4 is 18.3 Å². The molecule has 0 spiro atoms. The predicted octanol–water partition coefficient (Wildman–Crippen LogP) is 1.67. The van der Waals surface area contributed by atoms with Crippen LogP contribution in [0.25, 0.3) is 0 Å². The zero-order valence-electron chi connectivity index (χ0n) is 10.4. The van der Waals surface area contributed by atoms with Crippen LogP contribution in [-0.4, -0.2) is 37.0 Å². The molecule has 0 aromatic rings. The van der Waals surface area contributed by atoms with Gasteiger partial charge >= 0.3 is 0 Å². The van der Waals surface area contributed by atoms with Crippen molar-refractivity contribution in [1.29, 1.82) is 0 Å². The number of halogens is 1. The largest absolute Gasteiger partial charge is 0.341 e. The van der Waals surface area contributed by atoms with Crippen LogP contribution in [-0.2, 0) is 4.79 Å². The Morgan fingerprint density at radius 1 is 1.00 bits per heavy atom. The van der Waals surface area contributed by atoms with Gasteiger partial charge in [-0.15, -0.1) is 12.4 Å². The summed E-state index contributed by atoms with van der Waals surface area (Å²) in [6, 6.07) is 0. The fraction of sp³-hybridized carbons (Fsp3) is 0.923. The molecule has 98 valence electrons. The van der Waals surface area contributed by atoms with E-state index < -0.39 is 0 Å². The van der Waals surface area contributed by atoms with Crippen LogP contribution in [0.5, 0.6) is 0 Å². The molecule has 2 atom stereocenters. The lowest BCUT2D eigenvalue weighted by atomic mass is 10.0. The van der Waals surface area contributed by atoms with Crippen molar-refractivity contribution in [2.45, 2.75) is 32.1 Å². The summed E-state index contributed by atoms with van der Waals surface area (Å²) in [5, 5.41) is 3.36. The topological polar surface area (TPSA) is 32.3 Å². The Morgan fingerprint density at radius 3 is 2.41 bits per heavy atom. The summed E-state index contributed by atoms with van der Waals surface area (Å²) in [7, 11) is 0. The first kappa shape index (κ1) is 13.2. The first-order valence-electron chi connectivity index (χ1n) is 6.87. The average molecular weight is 259 g/mol. The minimum atomic E-state index is 0. The monoisotopic (exact) mass is 258 g/mol. The Bertz CT molecular complexity index is 261. The van der Waals surface area contributed by atoms with Gasteiger partial charge in [0.1, 0.15) is 0 Å². The lowest BCUT2D eigenvalue weighted by molar-refractivity contribution is -0.133. The van der Waals surface area contributed by atoms with E-state index >= 15 is 0 Å². The molecule has 0 aromatic carbocycles. The third-order valence-corrected chi connectivity index (χ3v) is 4.59. The lowest BCUT2D eigenvalue weighted by Gasteiger charge is -2.20. The molecule has 2 unspecified atom stereocenters. The van der Waals surface area contributed by atoms with Crippen molar-refractivity contribution in [2.75, 3.05) is 26.2 Å². The van der Waals surface area contributed by atoms with Gasteiger partial charge in [0, 0.05) is 25.6 Å². The third-order valence-electron chi connectivity index (χ3n) is 4.59. The van der Waals surface area contributed by atoms with Crippen molar-refractivity contribution in [3.8, 4) is 0 Å². The van der Waals surface area contributed by atoms with Crippen molar-refractivity contribution in [3.05, 3.63) is 0 Å². The van der Waals surface area contributed by atoms with Gasteiger partial charge in [0.2, 0.25) is 5.91 Å². The number of carbonyl (C=O) groups excluding carboxylic acids is 1. The number of hydrogen-bond acceptors (Lipinski definition) is 2. The highest BCUT2D eigenvalue weighted by Gasteiger charge is 2.55. The molecule has 2 aliphatic carbocycles. The first-order chi connectivity index (χ1) is 7.88. The second-order valence-corrected chi connectivity index (χ2v) is 5.57. The zero-order chi connectivity index (χ0) is 11.0. The van der Waals surface area contributed by atoms with E-state index in [-0.39, 0.29) is 12.4 Å². The van der Waals surface area contributed by atoms with E-state index in [0.717, 1.165) is 44.4 Å². The number of amides is 1. The quantitative estimate of drug-likeness (QED) is 0.776. The summed E-state index contributed by atoms with van der Waals surface area (Å²) in [6.45, 7) is 3.95. The van der Waals surface area contributed by atoms with Gasteiger partial charge in [-0.25, -0.2) is 0 Å². The molecule has 0 aromatic heterocycles. The van der Waals surface area contributed by atoms with E-state index in [1.54, 1.807) is 0 Å². The number of carbonyl (C=O) groups is 1. The Kier molecular flexibility index (Phi) is 4.31. The molecule has 2 saturated carbocycles. The summed E-state index contributed by atoms with van der Waals surface area (Å²) in [4.78, 5) is 14.5. The van der Waals surface area contributed by atoms with Gasteiger partial charge in [-0.2, -0.15) is 0 Å². The van der Waals surface area contributed by atoms with Crippen molar-refractivity contribution in [2.24, 2.45) is 17.8 Å². The first-order valence-corrected chi connectivity index (χ1v) is 6.87. The molecule has 4 heteroatoms. The molecule has 3 nitrogen and oxygen atoms in total. The fourth-order valence-electron chi connectivity index (χ4n) is 3.64. The molecule has 3 fully saturated rings. The second kappa shape index (κ2) is 5.57. The summed E-state index contributed by atoms with van der Waals surface area (Å²) in [6.07, 6.45) is 6.45. The van der Waals surface area contributed by atoms with E-state index in [4.69, 9.17) is 0 Å². The van der Waals surface area contributed by atoms with Gasteiger partial charge in [-0.3, -0.25) is 4.79 Å².